The van der Waals surface area contributed by atoms with Crippen molar-refractivity contribution in [1.82, 2.24) is 14.5 Å². The minimum absolute atomic E-state index is 0.0692. The molecule has 4 rings (SSSR count). The van der Waals surface area contributed by atoms with Crippen LogP contribution in [0.25, 0.3) is 5.69 Å². The number of imidazole rings is 1. The number of rotatable bonds is 4. The molecule has 0 saturated carbocycles. The summed E-state index contributed by atoms with van der Waals surface area (Å²) in [6.07, 6.45) is 5.40. The van der Waals surface area contributed by atoms with Gasteiger partial charge in [0.1, 0.15) is 11.9 Å². The normalized spacial score (nSPS) is 15.8. The van der Waals surface area contributed by atoms with Gasteiger partial charge in [0.2, 0.25) is 0 Å². The summed E-state index contributed by atoms with van der Waals surface area (Å²) in [5.74, 6) is 0.866. The molecule has 1 aliphatic rings. The van der Waals surface area contributed by atoms with Crippen LogP contribution in [0.4, 0.5) is 0 Å². The van der Waals surface area contributed by atoms with Crippen LogP contribution in [-0.2, 0) is 6.61 Å². The topological polar surface area (TPSA) is 63.3 Å². The summed E-state index contributed by atoms with van der Waals surface area (Å²) in [6.45, 7) is 2.07. The Bertz CT molecular complexity index is 965. The summed E-state index contributed by atoms with van der Waals surface area (Å²) in [5, 5.41) is 9.83. The molecule has 3 heterocycles. The second-order valence-corrected chi connectivity index (χ2v) is 7.18. The number of aliphatic imine (C=N–C) groups is 1. The Hall–Kier alpha value is -2.31. The van der Waals surface area contributed by atoms with Crippen molar-refractivity contribution in [1.29, 1.82) is 0 Å². The molecule has 5 nitrogen and oxygen atoms in total. The zero-order valence-corrected chi connectivity index (χ0v) is 16.0. The predicted octanol–water partition coefficient (Wildman–Crippen LogP) is 4.21. The van der Waals surface area contributed by atoms with Gasteiger partial charge >= 0.3 is 0 Å². The molecule has 1 N–H and O–H groups in total. The Morgan fingerprint density at radius 3 is 2.81 bits per heavy atom. The van der Waals surface area contributed by atoms with Gasteiger partial charge in [0, 0.05) is 16.2 Å². The van der Waals surface area contributed by atoms with Crippen molar-refractivity contribution in [2.45, 2.75) is 32.4 Å². The van der Waals surface area contributed by atoms with E-state index in [1.165, 1.54) is 0 Å². The van der Waals surface area contributed by atoms with E-state index in [2.05, 4.69) is 38.9 Å². The molecule has 0 unspecified atom stereocenters. The van der Waals surface area contributed by atoms with Gasteiger partial charge < -0.3 is 5.11 Å². The number of benzene rings is 1. The van der Waals surface area contributed by atoms with Gasteiger partial charge in [0.25, 0.3) is 0 Å². The molecular weight excluding hydrogens is 392 g/mol. The maximum Gasteiger partial charge on any atom is 0.138 e. The van der Waals surface area contributed by atoms with E-state index in [1.54, 1.807) is 12.4 Å². The second-order valence-electron chi connectivity index (χ2n) is 6.26. The number of aromatic nitrogens is 3. The molecule has 0 amide bonds. The Morgan fingerprint density at radius 1 is 1.19 bits per heavy atom. The lowest BCUT2D eigenvalue weighted by Crippen LogP contribution is -2.10. The smallest absolute Gasteiger partial charge is 0.138 e. The van der Waals surface area contributed by atoms with Gasteiger partial charge in [-0.05, 0) is 36.8 Å². The molecule has 0 radical (unpaired) electrons. The average molecular weight is 411 g/mol. The molecule has 26 heavy (non-hydrogen) atoms. The second kappa shape index (κ2) is 7.13. The lowest BCUT2D eigenvalue weighted by atomic mass is 10.0. The third-order valence-corrected chi connectivity index (χ3v) is 5.02. The Balaban J connectivity index is 2.03. The van der Waals surface area contributed by atoms with Gasteiger partial charge in [-0.1, -0.05) is 35.3 Å². The molecule has 0 bridgehead atoms. The van der Waals surface area contributed by atoms with Crippen molar-refractivity contribution in [3.63, 3.8) is 0 Å². The fraction of sp³-hybridized carbons (Fsp3) is 0.250. The standard InChI is InChI=1S/C20H19BrN4O/c1-2-5-17-20-23-11-14(12-26)25(20)18-8-7-13(21)10-15(18)19(24-17)16-6-3-4-9-22-16/h3-4,6-11,17,26H,2,5,12H2,1H3/t17-/m0/s1. The zero-order chi connectivity index (χ0) is 18.1. The van der Waals surface area contributed by atoms with E-state index >= 15 is 0 Å². The van der Waals surface area contributed by atoms with Crippen LogP contribution in [-0.4, -0.2) is 25.4 Å². The van der Waals surface area contributed by atoms with Crippen LogP contribution in [0, 0.1) is 0 Å². The van der Waals surface area contributed by atoms with E-state index in [1.807, 2.05) is 34.9 Å². The third-order valence-electron chi connectivity index (χ3n) is 4.53. The summed E-state index contributed by atoms with van der Waals surface area (Å²) in [5.41, 5.74) is 4.40. The van der Waals surface area contributed by atoms with Crippen LogP contribution in [0.2, 0.25) is 0 Å². The first-order valence-corrected chi connectivity index (χ1v) is 9.49. The molecule has 0 fully saturated rings. The minimum atomic E-state index is -0.0801. The highest BCUT2D eigenvalue weighted by molar-refractivity contribution is 9.10. The lowest BCUT2D eigenvalue weighted by Gasteiger charge is -2.14. The van der Waals surface area contributed by atoms with E-state index in [9.17, 15) is 5.11 Å². The Labute approximate surface area is 160 Å². The van der Waals surface area contributed by atoms with Gasteiger partial charge in [-0.25, -0.2) is 4.98 Å². The van der Waals surface area contributed by atoms with Crippen molar-refractivity contribution >= 4 is 21.6 Å². The summed E-state index contributed by atoms with van der Waals surface area (Å²) in [4.78, 5) is 14.2. The Morgan fingerprint density at radius 2 is 2.08 bits per heavy atom. The maximum absolute atomic E-state index is 9.83. The minimum Gasteiger partial charge on any atom is -0.390 e. The Kier molecular flexibility index (Phi) is 4.70. The molecule has 1 atom stereocenters. The zero-order valence-electron chi connectivity index (χ0n) is 14.4. The first-order chi connectivity index (χ1) is 12.7. The summed E-state index contributed by atoms with van der Waals surface area (Å²) >= 11 is 3.58. The van der Waals surface area contributed by atoms with Crippen LogP contribution in [0.15, 0.2) is 58.3 Å². The molecule has 0 aliphatic carbocycles. The van der Waals surface area contributed by atoms with Crippen molar-refractivity contribution in [3.8, 4) is 5.69 Å². The number of halogens is 1. The molecule has 132 valence electrons. The van der Waals surface area contributed by atoms with E-state index in [0.717, 1.165) is 51.5 Å². The number of fused-ring (bicyclic) bond motifs is 3. The molecule has 3 aromatic rings. The highest BCUT2D eigenvalue weighted by Gasteiger charge is 2.27. The number of hydrogen-bond acceptors (Lipinski definition) is 4. The number of hydrogen-bond donors (Lipinski definition) is 1. The van der Waals surface area contributed by atoms with Gasteiger partial charge in [-0.3, -0.25) is 14.5 Å². The van der Waals surface area contributed by atoms with Crippen LogP contribution < -0.4 is 0 Å². The summed E-state index contributed by atoms with van der Waals surface area (Å²) < 4.78 is 3.02. The maximum atomic E-state index is 9.83. The van der Waals surface area contributed by atoms with Gasteiger partial charge in [0.15, 0.2) is 0 Å². The lowest BCUT2D eigenvalue weighted by molar-refractivity contribution is 0.274. The van der Waals surface area contributed by atoms with Crippen molar-refractivity contribution in [3.05, 3.63) is 76.0 Å². The van der Waals surface area contributed by atoms with Crippen LogP contribution >= 0.6 is 15.9 Å². The molecule has 6 heteroatoms. The van der Waals surface area contributed by atoms with Crippen LogP contribution in [0.3, 0.4) is 0 Å². The number of pyridine rings is 1. The average Bonchev–Trinajstić information content (AvgIpc) is 3.04. The van der Waals surface area contributed by atoms with Gasteiger partial charge in [-0.2, -0.15) is 0 Å². The molecule has 1 aromatic carbocycles. The first-order valence-electron chi connectivity index (χ1n) is 8.69. The SMILES string of the molecule is CCC[C@@H]1N=C(c2ccccn2)c2cc(Br)ccc2-n2c(CO)cnc21. The number of aliphatic hydroxyl groups is 1. The van der Waals surface area contributed by atoms with Gasteiger partial charge in [-0.15, -0.1) is 0 Å². The largest absolute Gasteiger partial charge is 0.390 e. The summed E-state index contributed by atoms with van der Waals surface area (Å²) in [7, 11) is 0. The van der Waals surface area contributed by atoms with Crippen LogP contribution in [0.5, 0.6) is 0 Å². The highest BCUT2D eigenvalue weighted by Crippen LogP contribution is 2.34. The van der Waals surface area contributed by atoms with Crippen molar-refractivity contribution in [2.75, 3.05) is 0 Å². The van der Waals surface area contributed by atoms with E-state index in [4.69, 9.17) is 4.99 Å². The fourth-order valence-corrected chi connectivity index (χ4v) is 3.74. The molecule has 0 saturated heterocycles. The predicted molar refractivity (Wildman–Crippen MR) is 105 cm³/mol. The van der Waals surface area contributed by atoms with E-state index in [0.29, 0.717) is 0 Å². The van der Waals surface area contributed by atoms with E-state index in [-0.39, 0.29) is 12.6 Å². The third kappa shape index (κ3) is 2.89. The number of aliphatic hydroxyl groups excluding tert-OH is 1. The quantitative estimate of drug-likeness (QED) is 0.700. The molecule has 1 aliphatic heterocycles. The molecule has 0 spiro atoms. The number of nitrogens with zero attached hydrogens (tertiary/aromatic N) is 4. The van der Waals surface area contributed by atoms with Crippen molar-refractivity contribution in [2.24, 2.45) is 4.99 Å². The van der Waals surface area contributed by atoms with Crippen molar-refractivity contribution < 1.29 is 5.11 Å². The van der Waals surface area contributed by atoms with Gasteiger partial charge in [0.05, 0.1) is 35.6 Å². The monoisotopic (exact) mass is 410 g/mol. The fourth-order valence-electron chi connectivity index (χ4n) is 3.38. The molecular formula is C20H19BrN4O. The highest BCUT2D eigenvalue weighted by atomic mass is 79.9. The molecule has 2 aromatic heterocycles. The van der Waals surface area contributed by atoms with E-state index < -0.39 is 0 Å². The van der Waals surface area contributed by atoms with Crippen LogP contribution in [0.1, 0.15) is 48.6 Å². The summed E-state index contributed by atoms with van der Waals surface area (Å²) in [6, 6.07) is 11.9. The first kappa shape index (κ1) is 17.1.